The van der Waals surface area contributed by atoms with Gasteiger partial charge in [-0.25, -0.2) is 9.67 Å². The SMILES string of the molecule is FC(F)(F)Oc1[c]cccc1-n1cncn1. The summed E-state index contributed by atoms with van der Waals surface area (Å²) in [5, 5.41) is 3.72. The van der Waals surface area contributed by atoms with E-state index in [2.05, 4.69) is 20.9 Å². The maximum Gasteiger partial charge on any atom is 0.573 e. The van der Waals surface area contributed by atoms with Crippen LogP contribution in [0.3, 0.4) is 0 Å². The molecule has 0 aliphatic carbocycles. The standard InChI is InChI=1S/C9H5F3N3O/c10-9(11,12)16-8-4-2-1-3-7(8)15-6-13-5-14-15/h1-3,5-6H. The average molecular weight is 228 g/mol. The lowest BCUT2D eigenvalue weighted by atomic mass is 10.3. The number of alkyl halides is 3. The number of nitrogens with zero attached hydrogens (tertiary/aromatic N) is 3. The van der Waals surface area contributed by atoms with Crippen molar-refractivity contribution in [1.29, 1.82) is 0 Å². The van der Waals surface area contributed by atoms with Gasteiger partial charge in [0.2, 0.25) is 0 Å². The van der Waals surface area contributed by atoms with Gasteiger partial charge in [-0.1, -0.05) is 12.1 Å². The van der Waals surface area contributed by atoms with E-state index >= 15 is 0 Å². The molecule has 0 spiro atoms. The first kappa shape index (κ1) is 10.5. The van der Waals surface area contributed by atoms with Crippen LogP contribution in [0.25, 0.3) is 5.69 Å². The Kier molecular flexibility index (Phi) is 2.51. The molecule has 0 unspecified atom stereocenters. The molecule has 83 valence electrons. The molecule has 1 aromatic heterocycles. The van der Waals surface area contributed by atoms with Gasteiger partial charge in [0.25, 0.3) is 0 Å². The van der Waals surface area contributed by atoms with Crippen molar-refractivity contribution in [3.8, 4) is 11.4 Å². The van der Waals surface area contributed by atoms with Crippen molar-refractivity contribution in [2.75, 3.05) is 0 Å². The fourth-order valence-electron chi connectivity index (χ4n) is 1.12. The molecule has 0 aliphatic heterocycles. The lowest BCUT2D eigenvalue weighted by molar-refractivity contribution is -0.274. The van der Waals surface area contributed by atoms with E-state index in [0.717, 1.165) is 4.68 Å². The highest BCUT2D eigenvalue weighted by atomic mass is 19.4. The second kappa shape index (κ2) is 3.84. The maximum absolute atomic E-state index is 12.1. The summed E-state index contributed by atoms with van der Waals surface area (Å²) in [6.45, 7) is 0. The summed E-state index contributed by atoms with van der Waals surface area (Å²) in [7, 11) is 0. The molecular weight excluding hydrogens is 223 g/mol. The molecule has 16 heavy (non-hydrogen) atoms. The molecule has 4 nitrogen and oxygen atoms in total. The highest BCUT2D eigenvalue weighted by Gasteiger charge is 2.32. The smallest absolute Gasteiger partial charge is 0.403 e. The number of halogens is 3. The van der Waals surface area contributed by atoms with Crippen LogP contribution < -0.4 is 4.74 Å². The van der Waals surface area contributed by atoms with E-state index < -0.39 is 12.1 Å². The Morgan fingerprint density at radius 3 is 2.81 bits per heavy atom. The van der Waals surface area contributed by atoms with Gasteiger partial charge in [0.1, 0.15) is 18.3 Å². The van der Waals surface area contributed by atoms with Crippen LogP contribution in [0.5, 0.6) is 5.75 Å². The average Bonchev–Trinajstić information content (AvgIpc) is 2.69. The van der Waals surface area contributed by atoms with Crippen LogP contribution in [0, 0.1) is 6.07 Å². The van der Waals surface area contributed by atoms with Gasteiger partial charge < -0.3 is 4.74 Å². The van der Waals surface area contributed by atoms with Crippen LogP contribution >= 0.6 is 0 Å². The molecule has 0 saturated carbocycles. The van der Waals surface area contributed by atoms with E-state index in [9.17, 15) is 13.2 Å². The summed E-state index contributed by atoms with van der Waals surface area (Å²) >= 11 is 0. The molecule has 0 N–H and O–H groups in total. The van der Waals surface area contributed by atoms with Crippen molar-refractivity contribution in [3.63, 3.8) is 0 Å². The molecule has 2 aromatic rings. The normalized spacial score (nSPS) is 11.4. The number of para-hydroxylation sites is 1. The molecule has 0 aliphatic rings. The van der Waals surface area contributed by atoms with Crippen molar-refractivity contribution in [2.45, 2.75) is 6.36 Å². The first-order valence-electron chi connectivity index (χ1n) is 4.18. The highest BCUT2D eigenvalue weighted by Crippen LogP contribution is 2.27. The minimum Gasteiger partial charge on any atom is -0.403 e. The molecule has 1 heterocycles. The van der Waals surface area contributed by atoms with Crippen molar-refractivity contribution in [1.82, 2.24) is 14.8 Å². The van der Waals surface area contributed by atoms with Crippen molar-refractivity contribution >= 4 is 0 Å². The van der Waals surface area contributed by atoms with Crippen LogP contribution in [0.15, 0.2) is 30.9 Å². The van der Waals surface area contributed by atoms with Gasteiger partial charge in [0.15, 0.2) is 5.75 Å². The van der Waals surface area contributed by atoms with E-state index in [-0.39, 0.29) is 5.69 Å². The first-order valence-corrected chi connectivity index (χ1v) is 4.18. The number of rotatable bonds is 2. The van der Waals surface area contributed by atoms with Gasteiger partial charge in [0.05, 0.1) is 0 Å². The van der Waals surface area contributed by atoms with Crippen LogP contribution in [0.4, 0.5) is 13.2 Å². The fraction of sp³-hybridized carbons (Fsp3) is 0.111. The van der Waals surface area contributed by atoms with Gasteiger partial charge in [0, 0.05) is 6.07 Å². The Morgan fingerprint density at radius 1 is 1.38 bits per heavy atom. The molecule has 0 amide bonds. The summed E-state index contributed by atoms with van der Waals surface area (Å²) in [5.74, 6) is -0.444. The fourth-order valence-corrected chi connectivity index (χ4v) is 1.12. The molecule has 0 bridgehead atoms. The minimum absolute atomic E-state index is 0.123. The topological polar surface area (TPSA) is 39.9 Å². The lowest BCUT2D eigenvalue weighted by Gasteiger charge is -2.11. The molecule has 1 aromatic carbocycles. The Hall–Kier alpha value is -2.05. The second-order valence-corrected chi connectivity index (χ2v) is 2.77. The lowest BCUT2D eigenvalue weighted by Crippen LogP contribution is -2.18. The molecule has 1 radical (unpaired) electrons. The Labute approximate surface area is 88.3 Å². The van der Waals surface area contributed by atoms with E-state index in [1.165, 1.54) is 30.9 Å². The predicted octanol–water partition coefficient (Wildman–Crippen LogP) is 1.97. The van der Waals surface area contributed by atoms with Crippen LogP contribution in [-0.4, -0.2) is 21.1 Å². The van der Waals surface area contributed by atoms with Gasteiger partial charge in [-0.2, -0.15) is 5.10 Å². The molecule has 0 atom stereocenters. The Balaban J connectivity index is 2.39. The zero-order valence-electron chi connectivity index (χ0n) is 7.77. The second-order valence-electron chi connectivity index (χ2n) is 2.77. The Morgan fingerprint density at radius 2 is 2.19 bits per heavy atom. The number of hydrogen-bond acceptors (Lipinski definition) is 3. The van der Waals surface area contributed by atoms with Gasteiger partial charge in [-0.3, -0.25) is 0 Å². The number of aromatic nitrogens is 3. The van der Waals surface area contributed by atoms with Crippen molar-refractivity contribution in [3.05, 3.63) is 36.9 Å². The third-order valence-electron chi connectivity index (χ3n) is 1.68. The summed E-state index contributed by atoms with van der Waals surface area (Å²) in [4.78, 5) is 3.64. The van der Waals surface area contributed by atoms with Crippen molar-refractivity contribution < 1.29 is 17.9 Å². The zero-order valence-corrected chi connectivity index (χ0v) is 7.77. The van der Waals surface area contributed by atoms with E-state index in [0.29, 0.717) is 0 Å². The number of ether oxygens (including phenoxy) is 1. The third-order valence-corrected chi connectivity index (χ3v) is 1.68. The predicted molar refractivity (Wildman–Crippen MR) is 46.9 cm³/mol. The number of benzene rings is 1. The maximum atomic E-state index is 12.1. The summed E-state index contributed by atoms with van der Waals surface area (Å²) in [5.41, 5.74) is 0.123. The summed E-state index contributed by atoms with van der Waals surface area (Å²) < 4.78 is 41.2. The molecule has 7 heteroatoms. The third kappa shape index (κ3) is 2.30. The quantitative estimate of drug-likeness (QED) is 0.788. The highest BCUT2D eigenvalue weighted by molar-refractivity contribution is 5.44. The van der Waals surface area contributed by atoms with Gasteiger partial charge >= 0.3 is 6.36 Å². The summed E-state index contributed by atoms with van der Waals surface area (Å²) in [6, 6.07) is 6.62. The number of hydrogen-bond donors (Lipinski definition) is 0. The van der Waals surface area contributed by atoms with Gasteiger partial charge in [-0.05, 0) is 6.07 Å². The minimum atomic E-state index is -4.76. The van der Waals surface area contributed by atoms with Crippen LogP contribution in [0.2, 0.25) is 0 Å². The molecule has 2 rings (SSSR count). The van der Waals surface area contributed by atoms with E-state index in [1.54, 1.807) is 0 Å². The van der Waals surface area contributed by atoms with Crippen molar-refractivity contribution in [2.24, 2.45) is 0 Å². The van der Waals surface area contributed by atoms with Crippen LogP contribution in [0.1, 0.15) is 0 Å². The van der Waals surface area contributed by atoms with E-state index in [1.807, 2.05) is 0 Å². The van der Waals surface area contributed by atoms with Crippen LogP contribution in [-0.2, 0) is 0 Å². The summed E-state index contributed by atoms with van der Waals surface area (Å²) in [6.07, 6.45) is -2.27. The molecule has 0 saturated heterocycles. The monoisotopic (exact) mass is 228 g/mol. The largest absolute Gasteiger partial charge is 0.573 e. The zero-order chi connectivity index (χ0) is 11.6. The molecular formula is C9H5F3N3O. The molecule has 0 fully saturated rings. The Bertz CT molecular complexity index is 467. The van der Waals surface area contributed by atoms with Gasteiger partial charge in [-0.15, -0.1) is 13.2 Å². The first-order chi connectivity index (χ1) is 7.56. The van der Waals surface area contributed by atoms with E-state index in [4.69, 9.17) is 0 Å².